The van der Waals surface area contributed by atoms with Gasteiger partial charge in [-0.2, -0.15) is 13.2 Å². The van der Waals surface area contributed by atoms with Crippen molar-refractivity contribution in [3.05, 3.63) is 81.6 Å². The second-order valence-corrected chi connectivity index (χ2v) is 6.92. The smallest absolute Gasteiger partial charge is 0.321 e. The molecule has 0 aliphatic rings. The Kier molecular flexibility index (Phi) is 5.15. The first kappa shape index (κ1) is 19.2. The molecule has 140 valence electrons. The molecular weight excluding hydrogens is 421 g/mol. The van der Waals surface area contributed by atoms with Crippen molar-refractivity contribution >= 4 is 27.5 Å². The summed E-state index contributed by atoms with van der Waals surface area (Å²) in [5, 5.41) is 2.78. The Morgan fingerprint density at radius 3 is 2.33 bits per heavy atom. The highest BCUT2D eigenvalue weighted by atomic mass is 79.9. The zero-order chi connectivity index (χ0) is 19.8. The van der Waals surface area contributed by atoms with Crippen LogP contribution in [0.1, 0.15) is 27.3 Å². The van der Waals surface area contributed by atoms with Crippen molar-refractivity contribution in [2.75, 3.05) is 5.32 Å². The molecule has 0 saturated heterocycles. The van der Waals surface area contributed by atoms with Crippen LogP contribution >= 0.6 is 15.9 Å². The number of hydrogen-bond donors (Lipinski definition) is 1. The molecule has 3 rings (SSSR count). The molecule has 0 aliphatic heterocycles. The maximum absolute atomic E-state index is 13.4. The first-order valence-electron chi connectivity index (χ1n) is 8.11. The lowest BCUT2D eigenvalue weighted by Gasteiger charge is -2.17. The number of carbonyl (C=O) groups is 1. The molecule has 0 radical (unpaired) electrons. The van der Waals surface area contributed by atoms with Crippen LogP contribution in [0.3, 0.4) is 0 Å². The van der Waals surface area contributed by atoms with E-state index in [1.165, 1.54) is 16.7 Å². The first-order chi connectivity index (χ1) is 12.7. The van der Waals surface area contributed by atoms with Crippen LogP contribution in [0.2, 0.25) is 0 Å². The standard InChI is InChI=1S/C20H16BrF3N2O/c1-12-11-14(19(27)25-17-9-5-4-8-16(17)21)13(2)26(12)18-10-6-3-7-15(18)20(22,23)24/h3-11H,1-2H3,(H,25,27). The van der Waals surface area contributed by atoms with Gasteiger partial charge in [0.2, 0.25) is 0 Å². The monoisotopic (exact) mass is 436 g/mol. The molecule has 3 aromatic rings. The summed E-state index contributed by atoms with van der Waals surface area (Å²) in [5.41, 5.74) is 1.14. The van der Waals surface area contributed by atoms with E-state index in [-0.39, 0.29) is 11.6 Å². The first-order valence-corrected chi connectivity index (χ1v) is 8.91. The second-order valence-electron chi connectivity index (χ2n) is 6.07. The fourth-order valence-corrected chi connectivity index (χ4v) is 3.41. The summed E-state index contributed by atoms with van der Waals surface area (Å²) in [7, 11) is 0. The Labute approximate surface area is 163 Å². The Balaban J connectivity index is 2.04. The number of nitrogens with zero attached hydrogens (tertiary/aromatic N) is 1. The third-order valence-electron chi connectivity index (χ3n) is 4.25. The summed E-state index contributed by atoms with van der Waals surface area (Å²) in [5.74, 6) is -0.384. The molecule has 2 aromatic carbocycles. The summed E-state index contributed by atoms with van der Waals surface area (Å²) in [6.45, 7) is 3.31. The van der Waals surface area contributed by atoms with Crippen molar-refractivity contribution in [3.63, 3.8) is 0 Å². The third-order valence-corrected chi connectivity index (χ3v) is 4.94. The minimum Gasteiger partial charge on any atom is -0.321 e. The summed E-state index contributed by atoms with van der Waals surface area (Å²) in [6.07, 6.45) is -4.49. The molecule has 1 N–H and O–H groups in total. The highest BCUT2D eigenvalue weighted by molar-refractivity contribution is 9.10. The number of alkyl halides is 3. The van der Waals surface area contributed by atoms with Crippen LogP contribution in [0.25, 0.3) is 5.69 Å². The topological polar surface area (TPSA) is 34.0 Å². The van der Waals surface area contributed by atoms with Gasteiger partial charge in [0, 0.05) is 15.9 Å². The van der Waals surface area contributed by atoms with Crippen LogP contribution in [-0.4, -0.2) is 10.5 Å². The van der Waals surface area contributed by atoms with Gasteiger partial charge in [0.15, 0.2) is 0 Å². The van der Waals surface area contributed by atoms with Crippen molar-refractivity contribution in [2.24, 2.45) is 0 Å². The lowest BCUT2D eigenvalue weighted by atomic mass is 10.1. The van der Waals surface area contributed by atoms with Gasteiger partial charge >= 0.3 is 6.18 Å². The Bertz CT molecular complexity index is 1010. The van der Waals surface area contributed by atoms with E-state index < -0.39 is 11.7 Å². The number of amides is 1. The molecule has 1 amide bonds. The van der Waals surface area contributed by atoms with Crippen LogP contribution in [0.4, 0.5) is 18.9 Å². The van der Waals surface area contributed by atoms with Gasteiger partial charge in [-0.25, -0.2) is 0 Å². The molecule has 1 heterocycles. The number of carbonyl (C=O) groups excluding carboxylic acids is 1. The number of nitrogens with one attached hydrogen (secondary N) is 1. The molecule has 0 aliphatic carbocycles. The molecule has 27 heavy (non-hydrogen) atoms. The SMILES string of the molecule is Cc1cc(C(=O)Nc2ccccc2Br)c(C)n1-c1ccccc1C(F)(F)F. The maximum atomic E-state index is 13.4. The summed E-state index contributed by atoms with van der Waals surface area (Å²) in [6, 6.07) is 14.1. The van der Waals surface area contributed by atoms with Crippen LogP contribution in [-0.2, 0) is 6.18 Å². The van der Waals surface area contributed by atoms with Crippen molar-refractivity contribution in [3.8, 4) is 5.69 Å². The van der Waals surface area contributed by atoms with Gasteiger partial charge in [0.25, 0.3) is 5.91 Å². The molecule has 0 bridgehead atoms. The Morgan fingerprint density at radius 2 is 1.67 bits per heavy atom. The van der Waals surface area contributed by atoms with E-state index in [0.29, 0.717) is 22.6 Å². The van der Waals surface area contributed by atoms with Crippen LogP contribution in [0.5, 0.6) is 0 Å². The van der Waals surface area contributed by atoms with E-state index in [2.05, 4.69) is 21.2 Å². The van der Waals surface area contributed by atoms with Gasteiger partial charge in [0.05, 0.1) is 22.5 Å². The van der Waals surface area contributed by atoms with Gasteiger partial charge < -0.3 is 9.88 Å². The van der Waals surface area contributed by atoms with E-state index in [1.54, 1.807) is 44.2 Å². The minimum atomic E-state index is -4.49. The Morgan fingerprint density at radius 1 is 1.04 bits per heavy atom. The number of anilines is 1. The predicted molar refractivity (Wildman–Crippen MR) is 102 cm³/mol. The number of para-hydroxylation sites is 2. The minimum absolute atomic E-state index is 0.0000540. The highest BCUT2D eigenvalue weighted by Gasteiger charge is 2.34. The molecule has 0 unspecified atom stereocenters. The molecule has 0 spiro atoms. The van der Waals surface area contributed by atoms with Crippen molar-refractivity contribution in [1.29, 1.82) is 0 Å². The number of rotatable bonds is 3. The quantitative estimate of drug-likeness (QED) is 0.526. The number of benzene rings is 2. The van der Waals surface area contributed by atoms with Crippen molar-refractivity contribution < 1.29 is 18.0 Å². The molecule has 0 fully saturated rings. The van der Waals surface area contributed by atoms with Gasteiger partial charge in [-0.05, 0) is 60.1 Å². The van der Waals surface area contributed by atoms with Gasteiger partial charge in [0.1, 0.15) is 0 Å². The summed E-state index contributed by atoms with van der Waals surface area (Å²) < 4.78 is 42.4. The number of halogens is 4. The number of hydrogen-bond acceptors (Lipinski definition) is 1. The molecule has 0 saturated carbocycles. The lowest BCUT2D eigenvalue weighted by Crippen LogP contribution is -2.15. The van der Waals surface area contributed by atoms with Crippen molar-refractivity contribution in [1.82, 2.24) is 4.57 Å². The van der Waals surface area contributed by atoms with E-state index in [4.69, 9.17) is 0 Å². The number of aromatic nitrogens is 1. The largest absolute Gasteiger partial charge is 0.418 e. The lowest BCUT2D eigenvalue weighted by molar-refractivity contribution is -0.137. The molecule has 3 nitrogen and oxygen atoms in total. The zero-order valence-electron chi connectivity index (χ0n) is 14.6. The third kappa shape index (κ3) is 3.78. The summed E-state index contributed by atoms with van der Waals surface area (Å²) in [4.78, 5) is 12.7. The molecule has 7 heteroatoms. The van der Waals surface area contributed by atoms with Crippen molar-refractivity contribution in [2.45, 2.75) is 20.0 Å². The zero-order valence-corrected chi connectivity index (χ0v) is 16.1. The fraction of sp³-hybridized carbons (Fsp3) is 0.150. The van der Waals surface area contributed by atoms with Crippen LogP contribution < -0.4 is 5.32 Å². The van der Waals surface area contributed by atoms with E-state index in [1.807, 2.05) is 6.07 Å². The van der Waals surface area contributed by atoms with Gasteiger partial charge in [-0.15, -0.1) is 0 Å². The Hall–Kier alpha value is -2.54. The average Bonchev–Trinajstić information content (AvgIpc) is 2.90. The van der Waals surface area contributed by atoms with Crippen LogP contribution in [0, 0.1) is 13.8 Å². The summed E-state index contributed by atoms with van der Waals surface area (Å²) >= 11 is 3.36. The van der Waals surface area contributed by atoms with Gasteiger partial charge in [-0.3, -0.25) is 4.79 Å². The normalized spacial score (nSPS) is 11.5. The van der Waals surface area contributed by atoms with Gasteiger partial charge in [-0.1, -0.05) is 24.3 Å². The van der Waals surface area contributed by atoms with E-state index in [0.717, 1.165) is 10.5 Å². The van der Waals surface area contributed by atoms with E-state index in [9.17, 15) is 18.0 Å². The van der Waals surface area contributed by atoms with E-state index >= 15 is 0 Å². The second kappa shape index (κ2) is 7.23. The highest BCUT2D eigenvalue weighted by Crippen LogP contribution is 2.35. The fourth-order valence-electron chi connectivity index (χ4n) is 3.02. The number of aryl methyl sites for hydroxylation is 1. The maximum Gasteiger partial charge on any atom is 0.418 e. The molecule has 0 atom stereocenters. The average molecular weight is 437 g/mol. The predicted octanol–water partition coefficient (Wildman–Crippen LogP) is 6.13. The molecule has 1 aromatic heterocycles. The van der Waals surface area contributed by atoms with Crippen LogP contribution in [0.15, 0.2) is 59.1 Å². The molecular formula is C20H16BrF3N2O.